The second-order valence-corrected chi connectivity index (χ2v) is 8.40. The van der Waals surface area contributed by atoms with E-state index in [1.165, 1.54) is 17.4 Å². The van der Waals surface area contributed by atoms with E-state index in [0.29, 0.717) is 54.7 Å². The fourth-order valence-electron chi connectivity index (χ4n) is 3.42. The van der Waals surface area contributed by atoms with Crippen LogP contribution in [0.25, 0.3) is 0 Å². The van der Waals surface area contributed by atoms with Gasteiger partial charge in [0.05, 0.1) is 5.56 Å². The number of thiazole rings is 1. The lowest BCUT2D eigenvalue weighted by atomic mass is 10.1. The molecule has 0 bridgehead atoms. The van der Waals surface area contributed by atoms with Gasteiger partial charge in [0, 0.05) is 49.9 Å². The van der Waals surface area contributed by atoms with Crippen molar-refractivity contribution in [1.29, 1.82) is 5.26 Å². The van der Waals surface area contributed by atoms with Crippen molar-refractivity contribution in [2.45, 2.75) is 13.3 Å². The van der Waals surface area contributed by atoms with Crippen LogP contribution in [0.1, 0.15) is 21.6 Å². The van der Waals surface area contributed by atoms with Gasteiger partial charge in [-0.25, -0.2) is 19.2 Å². The van der Waals surface area contributed by atoms with Gasteiger partial charge < -0.3 is 9.80 Å². The van der Waals surface area contributed by atoms with Crippen molar-refractivity contribution >= 4 is 28.3 Å². The SMILES string of the molecule is Cc1ccc(Cc2cnc(NC(=O)N3CCN(c4ncccc4C#N)CC3)s2)cc1F. The molecule has 0 spiro atoms. The van der Waals surface area contributed by atoms with Gasteiger partial charge in [-0.05, 0) is 36.2 Å². The fourth-order valence-corrected chi connectivity index (χ4v) is 4.26. The third-order valence-corrected chi connectivity index (χ3v) is 6.07. The number of halogens is 1. The number of piperazine rings is 1. The second-order valence-electron chi connectivity index (χ2n) is 7.28. The topological polar surface area (TPSA) is 85.2 Å². The lowest BCUT2D eigenvalue weighted by Gasteiger charge is -2.35. The van der Waals surface area contributed by atoms with Gasteiger partial charge >= 0.3 is 6.03 Å². The van der Waals surface area contributed by atoms with Crippen LogP contribution in [-0.4, -0.2) is 47.1 Å². The standard InChI is InChI=1S/C22H21FN6OS/c1-15-4-5-16(12-19(15)23)11-18-14-26-21(31-18)27-22(30)29-9-7-28(8-10-29)20-17(13-24)3-2-6-25-20/h2-6,12,14H,7-11H2,1H3,(H,26,27,30). The number of hydrogen-bond donors (Lipinski definition) is 1. The molecule has 1 aliphatic heterocycles. The summed E-state index contributed by atoms with van der Waals surface area (Å²) in [7, 11) is 0. The van der Waals surface area contributed by atoms with E-state index in [0.717, 1.165) is 10.4 Å². The zero-order valence-electron chi connectivity index (χ0n) is 17.0. The lowest BCUT2D eigenvalue weighted by molar-refractivity contribution is 0.208. The number of anilines is 2. The van der Waals surface area contributed by atoms with E-state index in [4.69, 9.17) is 0 Å². The number of aromatic nitrogens is 2. The highest BCUT2D eigenvalue weighted by atomic mass is 32.1. The first kappa shape index (κ1) is 20.8. The molecule has 1 N–H and O–H groups in total. The molecule has 2 aromatic heterocycles. The monoisotopic (exact) mass is 436 g/mol. The van der Waals surface area contributed by atoms with Gasteiger partial charge in [0.25, 0.3) is 0 Å². The summed E-state index contributed by atoms with van der Waals surface area (Å²) in [6.07, 6.45) is 3.94. The molecule has 1 aromatic carbocycles. The van der Waals surface area contributed by atoms with Crippen LogP contribution in [0.2, 0.25) is 0 Å². The number of hydrogen-bond acceptors (Lipinski definition) is 6. The van der Waals surface area contributed by atoms with Crippen LogP contribution in [0.5, 0.6) is 0 Å². The summed E-state index contributed by atoms with van der Waals surface area (Å²) in [5.74, 6) is 0.435. The predicted octanol–water partition coefficient (Wildman–Crippen LogP) is 3.80. The molecule has 4 rings (SSSR count). The van der Waals surface area contributed by atoms with Crippen LogP contribution in [0.3, 0.4) is 0 Å². The number of pyridine rings is 1. The molecule has 9 heteroatoms. The highest BCUT2D eigenvalue weighted by Crippen LogP contribution is 2.23. The minimum absolute atomic E-state index is 0.205. The van der Waals surface area contributed by atoms with E-state index in [-0.39, 0.29) is 11.8 Å². The molecule has 0 unspecified atom stereocenters. The second kappa shape index (κ2) is 9.10. The van der Waals surface area contributed by atoms with Crippen molar-refractivity contribution in [3.05, 3.63) is 70.1 Å². The van der Waals surface area contributed by atoms with Crippen LogP contribution < -0.4 is 10.2 Å². The van der Waals surface area contributed by atoms with Crippen LogP contribution in [0, 0.1) is 24.1 Å². The Morgan fingerprint density at radius 3 is 2.81 bits per heavy atom. The number of carbonyl (C=O) groups is 1. The number of rotatable bonds is 4. The zero-order valence-corrected chi connectivity index (χ0v) is 17.8. The Bertz CT molecular complexity index is 1130. The summed E-state index contributed by atoms with van der Waals surface area (Å²) < 4.78 is 13.7. The number of nitrogens with zero attached hydrogens (tertiary/aromatic N) is 5. The van der Waals surface area contributed by atoms with E-state index in [2.05, 4.69) is 21.4 Å². The number of aryl methyl sites for hydroxylation is 1. The number of carbonyl (C=O) groups excluding carboxylic acids is 1. The Morgan fingerprint density at radius 1 is 1.26 bits per heavy atom. The minimum Gasteiger partial charge on any atom is -0.352 e. The molecule has 7 nitrogen and oxygen atoms in total. The summed E-state index contributed by atoms with van der Waals surface area (Å²) >= 11 is 1.38. The normalized spacial score (nSPS) is 13.7. The summed E-state index contributed by atoms with van der Waals surface area (Å²) in [6.45, 7) is 3.98. The highest BCUT2D eigenvalue weighted by Gasteiger charge is 2.24. The largest absolute Gasteiger partial charge is 0.352 e. The van der Waals surface area contributed by atoms with Gasteiger partial charge in [0.1, 0.15) is 17.7 Å². The maximum Gasteiger partial charge on any atom is 0.323 e. The predicted molar refractivity (Wildman–Crippen MR) is 118 cm³/mol. The molecule has 3 heterocycles. The van der Waals surface area contributed by atoms with E-state index in [1.54, 1.807) is 42.4 Å². The summed E-state index contributed by atoms with van der Waals surface area (Å²) in [5, 5.41) is 12.6. The van der Waals surface area contributed by atoms with Gasteiger partial charge in [-0.3, -0.25) is 5.32 Å². The minimum atomic E-state index is -0.220. The van der Waals surface area contributed by atoms with E-state index >= 15 is 0 Å². The number of benzene rings is 1. The zero-order chi connectivity index (χ0) is 21.8. The van der Waals surface area contributed by atoms with Gasteiger partial charge in [-0.2, -0.15) is 5.26 Å². The first-order chi connectivity index (χ1) is 15.0. The van der Waals surface area contributed by atoms with Crippen molar-refractivity contribution in [2.75, 3.05) is 36.4 Å². The molecular formula is C22H21FN6OS. The fraction of sp³-hybridized carbons (Fsp3) is 0.273. The molecule has 31 heavy (non-hydrogen) atoms. The van der Waals surface area contributed by atoms with Gasteiger partial charge in [0.2, 0.25) is 0 Å². The molecule has 2 amide bonds. The Hall–Kier alpha value is -3.51. The van der Waals surface area contributed by atoms with Gasteiger partial charge in [0.15, 0.2) is 5.13 Å². The van der Waals surface area contributed by atoms with Crippen molar-refractivity contribution in [3.63, 3.8) is 0 Å². The molecule has 0 aliphatic carbocycles. The average Bonchev–Trinajstić information content (AvgIpc) is 3.23. The van der Waals surface area contributed by atoms with Crippen molar-refractivity contribution in [1.82, 2.24) is 14.9 Å². The van der Waals surface area contributed by atoms with E-state index in [1.807, 2.05) is 11.0 Å². The molecule has 0 radical (unpaired) electrons. The number of amides is 2. The quantitative estimate of drug-likeness (QED) is 0.672. The van der Waals surface area contributed by atoms with Crippen molar-refractivity contribution < 1.29 is 9.18 Å². The third kappa shape index (κ3) is 4.81. The Balaban J connectivity index is 1.32. The molecule has 1 saturated heterocycles. The van der Waals surface area contributed by atoms with Crippen LogP contribution in [0.4, 0.5) is 20.1 Å². The van der Waals surface area contributed by atoms with Crippen LogP contribution in [0.15, 0.2) is 42.7 Å². The van der Waals surface area contributed by atoms with E-state index in [9.17, 15) is 14.4 Å². The smallest absolute Gasteiger partial charge is 0.323 e. The number of nitrogens with one attached hydrogen (secondary N) is 1. The van der Waals surface area contributed by atoms with Gasteiger partial charge in [-0.15, -0.1) is 11.3 Å². The van der Waals surface area contributed by atoms with Crippen LogP contribution in [-0.2, 0) is 6.42 Å². The van der Waals surface area contributed by atoms with E-state index < -0.39 is 0 Å². The summed E-state index contributed by atoms with van der Waals surface area (Å²) in [6, 6.07) is 10.6. The van der Waals surface area contributed by atoms with Crippen molar-refractivity contribution in [2.24, 2.45) is 0 Å². The molecule has 0 saturated carbocycles. The maximum atomic E-state index is 13.7. The Morgan fingerprint density at radius 2 is 2.06 bits per heavy atom. The average molecular weight is 437 g/mol. The molecule has 0 atom stereocenters. The molecule has 1 aliphatic rings. The molecular weight excluding hydrogens is 415 g/mol. The summed E-state index contributed by atoms with van der Waals surface area (Å²) in [4.78, 5) is 25.9. The number of nitriles is 1. The molecule has 1 fully saturated rings. The van der Waals surface area contributed by atoms with Gasteiger partial charge in [-0.1, -0.05) is 12.1 Å². The first-order valence-electron chi connectivity index (χ1n) is 9.89. The molecule has 158 valence electrons. The molecule has 3 aromatic rings. The Labute approximate surface area is 183 Å². The van der Waals surface area contributed by atoms with Crippen molar-refractivity contribution in [3.8, 4) is 6.07 Å². The number of urea groups is 1. The highest BCUT2D eigenvalue weighted by molar-refractivity contribution is 7.15. The van der Waals surface area contributed by atoms with Crippen LogP contribution >= 0.6 is 11.3 Å². The first-order valence-corrected chi connectivity index (χ1v) is 10.7. The summed E-state index contributed by atoms with van der Waals surface area (Å²) in [5.41, 5.74) is 2.02. The third-order valence-electron chi connectivity index (χ3n) is 5.16. The lowest BCUT2D eigenvalue weighted by Crippen LogP contribution is -2.50. The maximum absolute atomic E-state index is 13.7. The Kier molecular flexibility index (Phi) is 6.09.